The van der Waals surface area contributed by atoms with Crippen LogP contribution in [-0.4, -0.2) is 80.2 Å². The van der Waals surface area contributed by atoms with Crippen molar-refractivity contribution in [2.24, 2.45) is 20.0 Å². The fourth-order valence-electron chi connectivity index (χ4n) is 3.99. The van der Waals surface area contributed by atoms with E-state index in [4.69, 9.17) is 0 Å². The van der Waals surface area contributed by atoms with Crippen molar-refractivity contribution in [3.05, 3.63) is 79.7 Å². The Morgan fingerprint density at radius 1 is 0.738 bits per heavy atom. The van der Waals surface area contributed by atoms with E-state index in [9.17, 15) is 51.9 Å². The van der Waals surface area contributed by atoms with Crippen LogP contribution >= 0.6 is 0 Å². The third-order valence-corrected chi connectivity index (χ3v) is 9.39. The van der Waals surface area contributed by atoms with Crippen molar-refractivity contribution in [3.63, 3.8) is 0 Å². The van der Waals surface area contributed by atoms with E-state index < -0.39 is 66.9 Å². The summed E-state index contributed by atoms with van der Waals surface area (Å²) in [6.07, 6.45) is 1.40. The molecule has 0 radical (unpaired) electrons. The minimum absolute atomic E-state index is 0. The summed E-state index contributed by atoms with van der Waals surface area (Å²) in [5.41, 5.74) is -0.669. The molecule has 0 fully saturated rings. The third kappa shape index (κ3) is 6.91. The van der Waals surface area contributed by atoms with Crippen LogP contribution in [0.4, 0.5) is 0 Å². The first kappa shape index (κ1) is 35.0. The van der Waals surface area contributed by atoms with E-state index in [0.717, 1.165) is 6.08 Å². The Balaban J connectivity index is 0.00000242. The van der Waals surface area contributed by atoms with E-state index in [-0.39, 0.29) is 105 Å². The Labute approximate surface area is 283 Å². The molecule has 0 saturated carbocycles. The Bertz CT molecular complexity index is 2110. The topological polar surface area (TPSA) is 273 Å². The Kier molecular flexibility index (Phi) is 9.81. The number of rotatable bonds is 6. The number of hydrogen-bond acceptors (Lipinski definition) is 14. The molecule has 1 unspecified atom stereocenters. The molecule has 5 rings (SSSR count). The zero-order valence-corrected chi connectivity index (χ0v) is 28.5. The molecule has 0 amide bonds. The summed E-state index contributed by atoms with van der Waals surface area (Å²) in [5, 5.41) is -2.03. The van der Waals surface area contributed by atoms with Gasteiger partial charge in [0, 0.05) is 17.5 Å². The molecule has 0 aromatic heterocycles. The Hall–Kier alpha value is -1.50. The molecule has 0 saturated heterocycles. The van der Waals surface area contributed by atoms with Crippen LogP contribution in [0.1, 0.15) is 17.5 Å². The van der Waals surface area contributed by atoms with Crippen molar-refractivity contribution in [2.45, 2.75) is 11.7 Å². The van der Waals surface area contributed by atoms with Gasteiger partial charge in [-0.15, -0.1) is 0 Å². The minimum atomic E-state index is -5.20. The molecule has 1 aromatic rings. The van der Waals surface area contributed by atoms with Gasteiger partial charge >= 0.3 is 59.1 Å². The number of nitrogens with zero attached hydrogens (tertiary/aromatic N) is 4. The second-order valence-corrected chi connectivity index (χ2v) is 14.2. The van der Waals surface area contributed by atoms with Crippen LogP contribution in [0.15, 0.2) is 88.6 Å². The summed E-state index contributed by atoms with van der Waals surface area (Å²) >= 11 is 0. The third-order valence-electron chi connectivity index (χ3n) is 5.79. The summed E-state index contributed by atoms with van der Waals surface area (Å²) in [6.45, 7) is 0. The van der Waals surface area contributed by atoms with Crippen molar-refractivity contribution in [1.82, 2.24) is 0 Å². The van der Waals surface area contributed by atoms with Crippen molar-refractivity contribution in [2.75, 3.05) is 0 Å². The molecule has 4 aliphatic rings. The van der Waals surface area contributed by atoms with Crippen LogP contribution in [-0.2, 0) is 40.5 Å². The molecule has 22 heteroatoms. The summed E-state index contributed by atoms with van der Waals surface area (Å²) in [6, 6.07) is 5.61. The van der Waals surface area contributed by atoms with Crippen molar-refractivity contribution in [3.8, 4) is 0 Å². The van der Waals surface area contributed by atoms with Crippen molar-refractivity contribution in [1.29, 1.82) is 0 Å². The molecule has 0 spiro atoms. The van der Waals surface area contributed by atoms with Crippen LogP contribution in [0, 0.1) is 0 Å². The fourth-order valence-corrected chi connectivity index (χ4v) is 6.75. The quantitative estimate of drug-likeness (QED) is 0.211. The van der Waals surface area contributed by atoms with Gasteiger partial charge in [0.25, 0.3) is 20.2 Å². The molecule has 2 aliphatic heterocycles. The zero-order valence-electron chi connectivity index (χ0n) is 21.2. The van der Waals surface area contributed by atoms with E-state index in [0.29, 0.717) is 12.2 Å². The number of benzene rings is 1. The molecule has 0 bridgehead atoms. The molecular weight excluding hydrogens is 662 g/mol. The number of amidine groups is 2. The molecule has 16 nitrogen and oxygen atoms in total. The monoisotopic (exact) mass is 674 g/mol. The van der Waals surface area contributed by atoms with E-state index in [1.54, 1.807) is 0 Å². The van der Waals surface area contributed by atoms with Gasteiger partial charge in [0.2, 0.25) is 0 Å². The van der Waals surface area contributed by atoms with Gasteiger partial charge in [0.1, 0.15) is 31.2 Å². The van der Waals surface area contributed by atoms with Crippen LogP contribution < -0.4 is 59.1 Å². The SMILES string of the molecule is O=S(=O)([O-])C1=C2N=C(c3ccc(C4=NC5=CC(S(=O)(=O)O)=CC(S(=O)(=O)[O-])C5=N4)cc3)N=C2CC(S(=O)(=O)O)=C1.[Na+].[Na+]. The predicted molar refractivity (Wildman–Crippen MR) is 137 cm³/mol. The van der Waals surface area contributed by atoms with Gasteiger partial charge in [0.15, 0.2) is 11.7 Å². The van der Waals surface area contributed by atoms with E-state index in [1.807, 2.05) is 0 Å². The summed E-state index contributed by atoms with van der Waals surface area (Å²) < 4.78 is 135. The normalized spacial score (nSPS) is 20.4. The first-order valence-corrected chi connectivity index (χ1v) is 16.3. The van der Waals surface area contributed by atoms with Crippen LogP contribution in [0.3, 0.4) is 0 Å². The smallest absolute Gasteiger partial charge is 0.747 e. The van der Waals surface area contributed by atoms with Crippen molar-refractivity contribution >= 4 is 63.6 Å². The molecule has 2 N–H and O–H groups in total. The van der Waals surface area contributed by atoms with Crippen LogP contribution in [0.5, 0.6) is 0 Å². The van der Waals surface area contributed by atoms with Crippen LogP contribution in [0.25, 0.3) is 0 Å². The molecule has 2 aliphatic carbocycles. The van der Waals surface area contributed by atoms with Gasteiger partial charge in [-0.25, -0.2) is 36.8 Å². The van der Waals surface area contributed by atoms with Gasteiger partial charge in [-0.05, 0) is 18.2 Å². The summed E-state index contributed by atoms with van der Waals surface area (Å²) in [5.74, 6) is -0.206. The van der Waals surface area contributed by atoms with E-state index in [1.165, 1.54) is 24.3 Å². The number of fused-ring (bicyclic) bond motifs is 2. The molecular formula is C20H12N4Na2O12S4. The first-order valence-electron chi connectivity index (χ1n) is 10.5. The number of allylic oxidation sites excluding steroid dienone is 5. The zero-order chi connectivity index (χ0) is 29.4. The number of hydrogen-bond donors (Lipinski definition) is 2. The maximum atomic E-state index is 11.7. The van der Waals surface area contributed by atoms with Gasteiger partial charge in [-0.2, -0.15) is 16.8 Å². The van der Waals surface area contributed by atoms with Crippen molar-refractivity contribution < 1.29 is 111 Å². The molecule has 1 aromatic carbocycles. The standard InChI is InChI=1S/C20H14N4O12S4.2Na/c25-37(26,27)11-5-13-17(15(7-11)39(31,32)33)23-19(21-13)9-1-2-10(4-3-9)20-22-14-6-12(38(28,29)30)8-16(18(14)24-20)40(34,35)36;;/h1-5,7-8,15H,6H2,(H,25,26,27)(H,28,29,30)(H,31,32,33)(H,34,35,36);;/q;2*+1/p-2. The minimum Gasteiger partial charge on any atom is -0.747 e. The molecule has 42 heavy (non-hydrogen) atoms. The second kappa shape index (κ2) is 11.8. The second-order valence-electron chi connectivity index (χ2n) is 8.42. The predicted octanol–water partition coefficient (Wildman–Crippen LogP) is -6.39. The number of aliphatic imine (C=N–C) groups is 4. The molecule has 1 atom stereocenters. The molecule has 210 valence electrons. The van der Waals surface area contributed by atoms with E-state index in [2.05, 4.69) is 20.0 Å². The summed E-state index contributed by atoms with van der Waals surface area (Å²) in [4.78, 5) is 13.7. The molecule has 2 heterocycles. The van der Waals surface area contributed by atoms with E-state index >= 15 is 0 Å². The van der Waals surface area contributed by atoms with Crippen LogP contribution in [0.2, 0.25) is 0 Å². The largest absolute Gasteiger partial charge is 1.00 e. The first-order chi connectivity index (χ1) is 18.3. The van der Waals surface area contributed by atoms with Gasteiger partial charge in [-0.3, -0.25) is 9.11 Å². The Morgan fingerprint density at radius 3 is 1.76 bits per heavy atom. The summed E-state index contributed by atoms with van der Waals surface area (Å²) in [7, 11) is -20.0. The average molecular weight is 675 g/mol. The maximum Gasteiger partial charge on any atom is 1.00 e. The van der Waals surface area contributed by atoms with Gasteiger partial charge in [0.05, 0.1) is 31.8 Å². The maximum absolute atomic E-state index is 11.7. The average Bonchev–Trinajstić information content (AvgIpc) is 3.44. The Morgan fingerprint density at radius 2 is 1.29 bits per heavy atom. The van der Waals surface area contributed by atoms with Gasteiger partial charge < -0.3 is 9.11 Å². The fraction of sp³-hybridized carbons (Fsp3) is 0.100. The van der Waals surface area contributed by atoms with Gasteiger partial charge in [-0.1, -0.05) is 24.3 Å².